The number of hydrogen-bond acceptors (Lipinski definition) is 5. The van der Waals surface area contributed by atoms with Crippen LogP contribution in [0.25, 0.3) is 22.2 Å². The Bertz CT molecular complexity index is 1140. The molecule has 1 aromatic heterocycles. The van der Waals surface area contributed by atoms with Gasteiger partial charge in [0.05, 0.1) is 30.1 Å². The number of rotatable bonds is 8. The lowest BCUT2D eigenvalue weighted by atomic mass is 10.0. The first-order valence-electron chi connectivity index (χ1n) is 9.53. The first-order valence-corrected chi connectivity index (χ1v) is 11.4. The van der Waals surface area contributed by atoms with Crippen LogP contribution in [0.5, 0.6) is 5.75 Å². The van der Waals surface area contributed by atoms with Gasteiger partial charge in [-0.25, -0.2) is 17.7 Å². The number of para-hydroxylation sites is 1. The number of benzene rings is 2. The van der Waals surface area contributed by atoms with Gasteiger partial charge in [-0.05, 0) is 42.8 Å². The smallest absolute Gasteiger partial charge is 0.252 e. The number of carbonyl (C=O) groups is 1. The predicted molar refractivity (Wildman–Crippen MR) is 118 cm³/mol. The van der Waals surface area contributed by atoms with E-state index < -0.39 is 10.0 Å². The molecular formula is C22H25N3O4S. The Morgan fingerprint density at radius 1 is 1.13 bits per heavy atom. The minimum Gasteiger partial charge on any atom is -0.497 e. The molecule has 0 aliphatic rings. The van der Waals surface area contributed by atoms with E-state index in [-0.39, 0.29) is 5.91 Å². The number of nitrogens with zero attached hydrogens (tertiary/aromatic N) is 2. The van der Waals surface area contributed by atoms with E-state index in [1.165, 1.54) is 11.4 Å². The molecule has 7 nitrogen and oxygen atoms in total. The Morgan fingerprint density at radius 3 is 2.50 bits per heavy atom. The van der Waals surface area contributed by atoms with Crippen molar-refractivity contribution in [2.45, 2.75) is 6.42 Å². The van der Waals surface area contributed by atoms with E-state index in [0.29, 0.717) is 30.8 Å². The molecule has 0 bridgehead atoms. The van der Waals surface area contributed by atoms with Crippen molar-refractivity contribution in [1.82, 2.24) is 14.6 Å². The second-order valence-electron chi connectivity index (χ2n) is 6.99. The molecule has 3 rings (SSSR count). The Morgan fingerprint density at radius 2 is 1.83 bits per heavy atom. The quantitative estimate of drug-likeness (QED) is 0.559. The topological polar surface area (TPSA) is 88.6 Å². The highest BCUT2D eigenvalue weighted by molar-refractivity contribution is 7.88. The zero-order chi connectivity index (χ0) is 21.7. The number of methoxy groups -OCH3 is 1. The van der Waals surface area contributed by atoms with Gasteiger partial charge < -0.3 is 10.1 Å². The van der Waals surface area contributed by atoms with E-state index >= 15 is 0 Å². The molecular weight excluding hydrogens is 402 g/mol. The van der Waals surface area contributed by atoms with E-state index in [1.54, 1.807) is 13.2 Å². The maximum atomic E-state index is 12.9. The lowest BCUT2D eigenvalue weighted by Crippen LogP contribution is -2.31. The van der Waals surface area contributed by atoms with Crippen molar-refractivity contribution < 1.29 is 17.9 Å². The van der Waals surface area contributed by atoms with E-state index in [2.05, 4.69) is 5.32 Å². The van der Waals surface area contributed by atoms with Crippen LogP contribution < -0.4 is 10.1 Å². The molecule has 0 aliphatic heterocycles. The van der Waals surface area contributed by atoms with Gasteiger partial charge in [-0.1, -0.05) is 18.2 Å². The molecule has 0 fully saturated rings. The number of carbonyl (C=O) groups excluding carboxylic acids is 1. The minimum absolute atomic E-state index is 0.217. The highest BCUT2D eigenvalue weighted by Crippen LogP contribution is 2.26. The number of fused-ring (bicyclic) bond motifs is 1. The van der Waals surface area contributed by atoms with Gasteiger partial charge in [-0.3, -0.25) is 4.79 Å². The Hall–Kier alpha value is -2.97. The van der Waals surface area contributed by atoms with Crippen LogP contribution in [0.15, 0.2) is 54.6 Å². The standard InChI is InChI=1S/C22H25N3O4S/c1-25(30(3,27)28)14-6-13-23-22(26)19-15-21(16-9-11-17(29-2)12-10-16)24-20-8-5-4-7-18(19)20/h4-5,7-12,15H,6,13-14H2,1-3H3,(H,23,26). The molecule has 8 heteroatoms. The summed E-state index contributed by atoms with van der Waals surface area (Å²) in [7, 11) is -0.0894. The molecule has 2 aromatic carbocycles. The predicted octanol–water partition coefficient (Wildman–Crippen LogP) is 2.92. The van der Waals surface area contributed by atoms with Crippen LogP contribution in [0.3, 0.4) is 0 Å². The van der Waals surface area contributed by atoms with Gasteiger partial charge in [0, 0.05) is 31.1 Å². The molecule has 158 valence electrons. The van der Waals surface area contributed by atoms with Crippen LogP contribution in [0.2, 0.25) is 0 Å². The second kappa shape index (κ2) is 9.23. The first-order chi connectivity index (χ1) is 14.3. The number of nitrogens with one attached hydrogen (secondary N) is 1. The minimum atomic E-state index is -3.22. The number of aromatic nitrogens is 1. The summed E-state index contributed by atoms with van der Waals surface area (Å²) in [6.45, 7) is 0.709. The largest absolute Gasteiger partial charge is 0.497 e. The Labute approximate surface area is 176 Å². The average Bonchev–Trinajstić information content (AvgIpc) is 2.75. The van der Waals surface area contributed by atoms with Crippen LogP contribution in [-0.2, 0) is 10.0 Å². The van der Waals surface area contributed by atoms with E-state index in [1.807, 2.05) is 48.5 Å². The van der Waals surface area contributed by atoms with Crippen molar-refractivity contribution in [3.05, 3.63) is 60.2 Å². The highest BCUT2D eigenvalue weighted by atomic mass is 32.2. The summed E-state index contributed by atoms with van der Waals surface area (Å²) < 4.78 is 29.4. The normalized spacial score (nSPS) is 11.6. The molecule has 30 heavy (non-hydrogen) atoms. The van der Waals surface area contributed by atoms with Crippen molar-refractivity contribution >= 4 is 26.8 Å². The maximum absolute atomic E-state index is 12.9. The van der Waals surface area contributed by atoms with E-state index in [4.69, 9.17) is 9.72 Å². The fourth-order valence-electron chi connectivity index (χ4n) is 3.04. The van der Waals surface area contributed by atoms with Crippen LogP contribution in [-0.4, -0.2) is 57.1 Å². The lowest BCUT2D eigenvalue weighted by Gasteiger charge is -2.14. The van der Waals surface area contributed by atoms with Crippen molar-refractivity contribution in [3.63, 3.8) is 0 Å². The summed E-state index contributed by atoms with van der Waals surface area (Å²) in [4.78, 5) is 17.6. The van der Waals surface area contributed by atoms with Crippen molar-refractivity contribution in [1.29, 1.82) is 0 Å². The second-order valence-corrected chi connectivity index (χ2v) is 9.08. The third kappa shape index (κ3) is 5.14. The fourth-order valence-corrected chi connectivity index (χ4v) is 3.50. The van der Waals surface area contributed by atoms with E-state index in [9.17, 15) is 13.2 Å². The molecule has 0 saturated carbocycles. The van der Waals surface area contributed by atoms with Crippen molar-refractivity contribution in [2.24, 2.45) is 0 Å². The van der Waals surface area contributed by atoms with Crippen molar-refractivity contribution in [3.8, 4) is 17.0 Å². The molecule has 0 aliphatic carbocycles. The average molecular weight is 428 g/mol. The summed E-state index contributed by atoms with van der Waals surface area (Å²) >= 11 is 0. The molecule has 0 spiro atoms. The van der Waals surface area contributed by atoms with Gasteiger partial charge in [-0.2, -0.15) is 0 Å². The van der Waals surface area contributed by atoms with Gasteiger partial charge in [0.25, 0.3) is 5.91 Å². The molecule has 1 N–H and O–H groups in total. The molecule has 0 saturated heterocycles. The summed E-state index contributed by atoms with van der Waals surface area (Å²) in [5.74, 6) is 0.530. The Balaban J connectivity index is 1.82. The summed E-state index contributed by atoms with van der Waals surface area (Å²) in [5, 5.41) is 3.65. The van der Waals surface area contributed by atoms with Crippen LogP contribution in [0, 0.1) is 0 Å². The third-order valence-electron chi connectivity index (χ3n) is 4.85. The summed E-state index contributed by atoms with van der Waals surface area (Å²) in [6.07, 6.45) is 1.68. The number of hydrogen-bond donors (Lipinski definition) is 1. The SMILES string of the molecule is COc1ccc(-c2cc(C(=O)NCCCN(C)S(C)(=O)=O)c3ccccc3n2)cc1. The maximum Gasteiger partial charge on any atom is 0.252 e. The zero-order valence-electron chi connectivity index (χ0n) is 17.3. The first kappa shape index (κ1) is 21.7. The van der Waals surface area contributed by atoms with Gasteiger partial charge in [0.1, 0.15) is 5.75 Å². The highest BCUT2D eigenvalue weighted by Gasteiger charge is 2.15. The van der Waals surface area contributed by atoms with Crippen LogP contribution >= 0.6 is 0 Å². The molecule has 1 heterocycles. The van der Waals surface area contributed by atoms with Gasteiger partial charge in [-0.15, -0.1) is 0 Å². The summed E-state index contributed by atoms with van der Waals surface area (Å²) in [6, 6.07) is 16.8. The lowest BCUT2D eigenvalue weighted by molar-refractivity contribution is 0.0954. The monoisotopic (exact) mass is 427 g/mol. The third-order valence-corrected chi connectivity index (χ3v) is 6.16. The number of pyridine rings is 1. The van der Waals surface area contributed by atoms with E-state index in [0.717, 1.165) is 28.5 Å². The molecule has 1 amide bonds. The number of amides is 1. The van der Waals surface area contributed by atoms with Gasteiger partial charge >= 0.3 is 0 Å². The Kier molecular flexibility index (Phi) is 6.69. The number of ether oxygens (including phenoxy) is 1. The van der Waals surface area contributed by atoms with Gasteiger partial charge in [0.15, 0.2) is 0 Å². The molecule has 0 radical (unpaired) electrons. The zero-order valence-corrected chi connectivity index (χ0v) is 18.1. The van der Waals surface area contributed by atoms with Crippen LogP contribution in [0.1, 0.15) is 16.8 Å². The van der Waals surface area contributed by atoms with Crippen molar-refractivity contribution in [2.75, 3.05) is 33.5 Å². The summed E-state index contributed by atoms with van der Waals surface area (Å²) in [5.41, 5.74) is 2.83. The molecule has 3 aromatic rings. The van der Waals surface area contributed by atoms with Gasteiger partial charge in [0.2, 0.25) is 10.0 Å². The van der Waals surface area contributed by atoms with Crippen LogP contribution in [0.4, 0.5) is 0 Å². The fraction of sp³-hybridized carbons (Fsp3) is 0.273. The molecule has 0 unspecified atom stereocenters. The molecule has 0 atom stereocenters. The number of sulfonamides is 1.